The molecule has 1 aromatic heterocycles. The van der Waals surface area contributed by atoms with Crippen LogP contribution < -0.4 is 10.6 Å². The van der Waals surface area contributed by atoms with Gasteiger partial charge in [0.05, 0.1) is 16.0 Å². The molecule has 1 aromatic carbocycles. The molecule has 1 saturated heterocycles. The molecule has 0 bridgehead atoms. The summed E-state index contributed by atoms with van der Waals surface area (Å²) in [5.41, 5.74) is 0.0842. The fourth-order valence-electron chi connectivity index (χ4n) is 5.33. The molecule has 6 amide bonds. The number of fused-ring (bicyclic) bond motifs is 1. The van der Waals surface area contributed by atoms with Crippen LogP contribution in [-0.4, -0.2) is 81.1 Å². The Labute approximate surface area is 248 Å². The van der Waals surface area contributed by atoms with E-state index in [4.69, 9.17) is 0 Å². The van der Waals surface area contributed by atoms with Crippen LogP contribution in [0.1, 0.15) is 81.5 Å². The summed E-state index contributed by atoms with van der Waals surface area (Å²) >= 11 is 1.04. The van der Waals surface area contributed by atoms with Crippen molar-refractivity contribution in [3.63, 3.8) is 0 Å². The van der Waals surface area contributed by atoms with Crippen LogP contribution in [0, 0.1) is 0 Å². The molecule has 2 aromatic rings. The summed E-state index contributed by atoms with van der Waals surface area (Å²) in [5, 5.41) is 5.17. The second-order valence-corrected chi connectivity index (χ2v) is 13.9. The number of hydrogen-bond acceptors (Lipinski definition) is 9. The van der Waals surface area contributed by atoms with Gasteiger partial charge in [0.1, 0.15) is 17.1 Å². The first-order valence-electron chi connectivity index (χ1n) is 13.5. The zero-order valence-electron chi connectivity index (χ0n) is 24.0. The average molecular weight is 616 g/mol. The molecule has 42 heavy (non-hydrogen) atoms. The lowest BCUT2D eigenvalue weighted by Gasteiger charge is -2.37. The predicted octanol–water partition coefficient (Wildman–Crippen LogP) is 2.63. The molecule has 2 aliphatic rings. The zero-order valence-corrected chi connectivity index (χ0v) is 25.6. The van der Waals surface area contributed by atoms with Crippen molar-refractivity contribution in [1.29, 1.82) is 0 Å². The summed E-state index contributed by atoms with van der Waals surface area (Å²) in [6.45, 7) is 3.76. The average Bonchev–Trinajstić information content (AvgIpc) is 3.49. The molecule has 0 saturated carbocycles. The van der Waals surface area contributed by atoms with Gasteiger partial charge in [-0.1, -0.05) is 26.0 Å². The summed E-state index contributed by atoms with van der Waals surface area (Å²) in [4.78, 5) is 81.9. The number of hydrogen-bond donors (Lipinski definition) is 2. The van der Waals surface area contributed by atoms with Crippen molar-refractivity contribution in [2.75, 3.05) is 19.6 Å². The lowest BCUT2D eigenvalue weighted by molar-refractivity contribution is -0.136. The molecule has 4 rings (SSSR count). The van der Waals surface area contributed by atoms with Gasteiger partial charge < -0.3 is 10.2 Å². The third-order valence-corrected chi connectivity index (χ3v) is 8.97. The number of carbonyl (C=O) groups is 6. The van der Waals surface area contributed by atoms with Crippen molar-refractivity contribution < 1.29 is 33.0 Å². The van der Waals surface area contributed by atoms with Gasteiger partial charge in [0.25, 0.3) is 17.7 Å². The van der Waals surface area contributed by atoms with Crippen LogP contribution in [0.3, 0.4) is 0 Å². The van der Waals surface area contributed by atoms with E-state index in [1.807, 2.05) is 13.8 Å². The van der Waals surface area contributed by atoms with Gasteiger partial charge in [-0.05, 0) is 43.0 Å². The highest BCUT2D eigenvalue weighted by molar-refractivity contribution is 7.92. The maximum Gasteiger partial charge on any atom is 0.265 e. The Balaban J connectivity index is 1.85. The number of amides is 6. The molecular weight excluding hydrogens is 582 g/mol. The Hall–Kier alpha value is -3.91. The number of rotatable bonds is 9. The number of piperidine rings is 1. The lowest BCUT2D eigenvalue weighted by atomic mass is 9.93. The smallest absolute Gasteiger partial charge is 0.265 e. The van der Waals surface area contributed by atoms with Gasteiger partial charge in [0.15, 0.2) is 0 Å². The fraction of sp³-hybridized carbons (Fsp3) is 0.429. The van der Waals surface area contributed by atoms with Crippen LogP contribution in [-0.2, 0) is 24.1 Å². The highest BCUT2D eigenvalue weighted by Crippen LogP contribution is 2.38. The lowest BCUT2D eigenvalue weighted by Crippen LogP contribution is -2.54. The summed E-state index contributed by atoms with van der Waals surface area (Å²) < 4.78 is 16.4. The summed E-state index contributed by atoms with van der Waals surface area (Å²) in [5.74, 6) is -3.79. The zero-order chi connectivity index (χ0) is 30.9. The maximum absolute atomic E-state index is 14.1. The van der Waals surface area contributed by atoms with Crippen molar-refractivity contribution in [2.24, 2.45) is 4.36 Å². The van der Waals surface area contributed by atoms with Crippen LogP contribution in [0.25, 0.3) is 0 Å². The first-order chi connectivity index (χ1) is 19.8. The van der Waals surface area contributed by atoms with E-state index in [9.17, 15) is 33.0 Å². The fourth-order valence-corrected chi connectivity index (χ4v) is 7.21. The van der Waals surface area contributed by atoms with Gasteiger partial charge in [0.2, 0.25) is 17.7 Å². The molecule has 0 aliphatic carbocycles. The number of carbonyl (C=O) groups excluding carboxylic acids is 6. The number of benzene rings is 1. The standard InChI is InChI=1S/C28H33N5O7S2/c1-6-15(7-2)32(27(38)19-12-14-21(41-19)31-42(4,5)40)23(25(36)29-3)16-9-8-10-17-22(16)28(39)33(26(17)37)18-11-13-20(34)30-24(18)35/h8-10,12,14-15,18,23H,6-7,11,13H2,1-5H3,(H,29,36)(H,30,34,35). The quantitative estimate of drug-likeness (QED) is 0.410. The monoisotopic (exact) mass is 615 g/mol. The highest BCUT2D eigenvalue weighted by Gasteiger charge is 2.48. The molecule has 2 atom stereocenters. The normalized spacial score (nSPS) is 17.7. The molecule has 2 N–H and O–H groups in total. The maximum atomic E-state index is 14.1. The molecule has 0 radical (unpaired) electrons. The third-order valence-electron chi connectivity index (χ3n) is 7.25. The van der Waals surface area contributed by atoms with Crippen LogP contribution in [0.15, 0.2) is 34.7 Å². The largest absolute Gasteiger partial charge is 0.357 e. The minimum atomic E-state index is -2.48. The van der Waals surface area contributed by atoms with Crippen molar-refractivity contribution in [3.05, 3.63) is 51.9 Å². The number of nitrogens with one attached hydrogen (secondary N) is 2. The Bertz CT molecular complexity index is 1590. The van der Waals surface area contributed by atoms with E-state index in [0.717, 1.165) is 16.2 Å². The topological polar surface area (TPSA) is 162 Å². The Kier molecular flexibility index (Phi) is 8.97. The van der Waals surface area contributed by atoms with Gasteiger partial charge in [-0.25, -0.2) is 4.21 Å². The molecular formula is C28H33N5O7S2. The molecule has 3 heterocycles. The van der Waals surface area contributed by atoms with Crippen molar-refractivity contribution >= 4 is 61.5 Å². The Morgan fingerprint density at radius 1 is 1.12 bits per heavy atom. The number of nitrogens with zero attached hydrogens (tertiary/aromatic N) is 3. The van der Waals surface area contributed by atoms with E-state index in [-0.39, 0.29) is 34.4 Å². The molecule has 12 nitrogen and oxygen atoms in total. The molecule has 0 spiro atoms. The van der Waals surface area contributed by atoms with Crippen LogP contribution in [0.2, 0.25) is 0 Å². The van der Waals surface area contributed by atoms with Gasteiger partial charge in [-0.2, -0.15) is 4.36 Å². The molecule has 1 fully saturated rings. The Morgan fingerprint density at radius 3 is 2.40 bits per heavy atom. The first-order valence-corrected chi connectivity index (χ1v) is 16.6. The summed E-state index contributed by atoms with van der Waals surface area (Å²) in [6.07, 6.45) is 3.89. The minimum Gasteiger partial charge on any atom is -0.357 e. The molecule has 2 unspecified atom stereocenters. The van der Waals surface area contributed by atoms with Crippen LogP contribution >= 0.6 is 11.3 Å². The summed E-state index contributed by atoms with van der Waals surface area (Å²) in [6, 6.07) is 4.73. The van der Waals surface area contributed by atoms with Crippen molar-refractivity contribution in [2.45, 2.75) is 57.7 Å². The molecule has 14 heteroatoms. The molecule has 224 valence electrons. The number of likely N-dealkylation sites (N-methyl/N-ethyl adjacent to an activating group) is 1. The molecule has 2 aliphatic heterocycles. The first kappa shape index (κ1) is 31.0. The van der Waals surface area contributed by atoms with E-state index in [1.165, 1.54) is 42.7 Å². The second-order valence-electron chi connectivity index (χ2n) is 10.3. The van der Waals surface area contributed by atoms with Crippen molar-refractivity contribution in [1.82, 2.24) is 20.4 Å². The second kappa shape index (κ2) is 12.1. The van der Waals surface area contributed by atoms with E-state index >= 15 is 0 Å². The minimum absolute atomic E-state index is 0.00547. The number of thiophene rings is 1. The van der Waals surface area contributed by atoms with Gasteiger partial charge >= 0.3 is 0 Å². The Morgan fingerprint density at radius 2 is 1.81 bits per heavy atom. The predicted molar refractivity (Wildman–Crippen MR) is 157 cm³/mol. The van der Waals surface area contributed by atoms with Gasteiger partial charge in [0, 0.05) is 41.8 Å². The number of imide groups is 2. The van der Waals surface area contributed by atoms with E-state index < -0.39 is 63.3 Å². The van der Waals surface area contributed by atoms with Crippen molar-refractivity contribution in [3.8, 4) is 0 Å². The van der Waals surface area contributed by atoms with E-state index in [0.29, 0.717) is 17.8 Å². The third kappa shape index (κ3) is 5.86. The highest BCUT2D eigenvalue weighted by atomic mass is 32.2. The summed E-state index contributed by atoms with van der Waals surface area (Å²) in [7, 11) is -1.06. The van der Waals surface area contributed by atoms with Gasteiger partial charge in [-0.3, -0.25) is 39.0 Å². The van der Waals surface area contributed by atoms with Crippen LogP contribution in [0.5, 0.6) is 0 Å². The van der Waals surface area contributed by atoms with Gasteiger partial charge in [-0.15, -0.1) is 11.3 Å². The van der Waals surface area contributed by atoms with E-state index in [1.54, 1.807) is 12.1 Å². The van der Waals surface area contributed by atoms with Crippen LogP contribution in [0.4, 0.5) is 5.00 Å². The SMILES string of the molecule is CCC(CC)N(C(=O)c1ccc(N=S(C)(C)=O)s1)C(C(=O)NC)c1cccc2c1C(=O)N(C1CCC(=O)NC1=O)C2=O. The van der Waals surface area contributed by atoms with E-state index in [2.05, 4.69) is 15.0 Å².